The lowest BCUT2D eigenvalue weighted by molar-refractivity contribution is 0.474. The van der Waals surface area contributed by atoms with E-state index in [9.17, 15) is 0 Å². The third-order valence-corrected chi connectivity index (χ3v) is 2.67. The third-order valence-electron chi connectivity index (χ3n) is 2.67. The molecule has 1 saturated heterocycles. The Hall–Kier alpha value is -0.260. The fraction of sp³-hybridized carbons (Fsp3) is 0.455. The Labute approximate surface area is 117 Å². The molecular weight excluding hydrogens is 336 g/mol. The van der Waals surface area contributed by atoms with Crippen LogP contribution in [0.5, 0.6) is 5.75 Å². The molecule has 1 atom stereocenters. The fourth-order valence-electron chi connectivity index (χ4n) is 1.91. The molecule has 0 spiro atoms. The van der Waals surface area contributed by atoms with Crippen LogP contribution in [0.1, 0.15) is 12.8 Å². The number of phenolic OH excluding ortho intramolecular Hbond substituents is 1. The Balaban J connectivity index is 0.00000112. The standard InChI is InChI=1S/C11H16N2O.2BrH/c12-9-2-1-7-13(8-9)10-3-5-11(14)6-4-10;;/h3-6,9,14H,1-2,7-8,12H2;2*1H. The van der Waals surface area contributed by atoms with Gasteiger partial charge in [0.05, 0.1) is 0 Å². The first-order valence-corrected chi connectivity index (χ1v) is 5.05. The zero-order valence-corrected chi connectivity index (χ0v) is 12.4. The summed E-state index contributed by atoms with van der Waals surface area (Å²) in [6.07, 6.45) is 2.27. The normalized spacial score (nSPS) is 19.6. The second-order valence-electron chi connectivity index (χ2n) is 3.86. The maximum Gasteiger partial charge on any atom is 0.115 e. The molecule has 1 fully saturated rings. The number of anilines is 1. The van der Waals surface area contributed by atoms with E-state index < -0.39 is 0 Å². The van der Waals surface area contributed by atoms with Crippen molar-refractivity contribution in [2.45, 2.75) is 18.9 Å². The number of piperidine rings is 1. The van der Waals surface area contributed by atoms with Crippen LogP contribution in [0.15, 0.2) is 24.3 Å². The first-order chi connectivity index (χ1) is 6.75. The molecule has 1 aliphatic heterocycles. The van der Waals surface area contributed by atoms with Crippen molar-refractivity contribution in [3.05, 3.63) is 24.3 Å². The van der Waals surface area contributed by atoms with Crippen LogP contribution in [-0.2, 0) is 0 Å². The summed E-state index contributed by atoms with van der Waals surface area (Å²) in [5.74, 6) is 0.315. The first-order valence-electron chi connectivity index (χ1n) is 5.05. The van der Waals surface area contributed by atoms with Gasteiger partial charge < -0.3 is 15.7 Å². The van der Waals surface area contributed by atoms with Gasteiger partial charge in [0.25, 0.3) is 0 Å². The number of phenols is 1. The topological polar surface area (TPSA) is 49.5 Å². The maximum atomic E-state index is 9.16. The predicted octanol–water partition coefficient (Wildman–Crippen LogP) is 2.48. The highest BCUT2D eigenvalue weighted by Gasteiger charge is 2.16. The van der Waals surface area contributed by atoms with Crippen molar-refractivity contribution in [2.24, 2.45) is 5.73 Å². The van der Waals surface area contributed by atoms with Crippen molar-refractivity contribution in [1.29, 1.82) is 0 Å². The second kappa shape index (κ2) is 7.14. The first kappa shape index (κ1) is 15.7. The van der Waals surface area contributed by atoms with Crippen LogP contribution in [0.25, 0.3) is 0 Å². The van der Waals surface area contributed by atoms with Crippen molar-refractivity contribution >= 4 is 39.7 Å². The molecule has 1 aromatic rings. The van der Waals surface area contributed by atoms with Gasteiger partial charge in [0.15, 0.2) is 0 Å². The third kappa shape index (κ3) is 3.96. The molecule has 0 aromatic heterocycles. The number of nitrogens with two attached hydrogens (primary N) is 1. The molecule has 1 aromatic carbocycles. The lowest BCUT2D eigenvalue weighted by Crippen LogP contribution is -2.42. The van der Waals surface area contributed by atoms with E-state index >= 15 is 0 Å². The molecule has 0 radical (unpaired) electrons. The van der Waals surface area contributed by atoms with Gasteiger partial charge in [-0.2, -0.15) is 0 Å². The highest BCUT2D eigenvalue weighted by Crippen LogP contribution is 2.21. The predicted molar refractivity (Wildman–Crippen MR) is 78.2 cm³/mol. The number of aromatic hydroxyl groups is 1. The van der Waals surface area contributed by atoms with Crippen molar-refractivity contribution in [1.82, 2.24) is 0 Å². The van der Waals surface area contributed by atoms with Gasteiger partial charge in [-0.1, -0.05) is 0 Å². The zero-order chi connectivity index (χ0) is 9.97. The van der Waals surface area contributed by atoms with Gasteiger partial charge in [-0.15, -0.1) is 34.0 Å². The molecule has 2 rings (SSSR count). The minimum atomic E-state index is 0. The summed E-state index contributed by atoms with van der Waals surface area (Å²) in [7, 11) is 0. The number of hydrogen-bond acceptors (Lipinski definition) is 3. The highest BCUT2D eigenvalue weighted by molar-refractivity contribution is 8.93. The van der Waals surface area contributed by atoms with Crippen LogP contribution in [0.4, 0.5) is 5.69 Å². The van der Waals surface area contributed by atoms with Crippen molar-refractivity contribution < 1.29 is 5.11 Å². The van der Waals surface area contributed by atoms with E-state index in [4.69, 9.17) is 10.8 Å². The van der Waals surface area contributed by atoms with Gasteiger partial charge in [-0.3, -0.25) is 0 Å². The van der Waals surface area contributed by atoms with Gasteiger partial charge in [-0.25, -0.2) is 0 Å². The van der Waals surface area contributed by atoms with E-state index in [0.29, 0.717) is 5.75 Å². The highest BCUT2D eigenvalue weighted by atomic mass is 79.9. The molecule has 1 heterocycles. The fourth-order valence-corrected chi connectivity index (χ4v) is 1.91. The van der Waals surface area contributed by atoms with E-state index in [1.807, 2.05) is 12.1 Å². The van der Waals surface area contributed by atoms with E-state index in [2.05, 4.69) is 4.90 Å². The Bertz CT molecular complexity index is 305. The Kier molecular flexibility index (Phi) is 7.03. The average molecular weight is 354 g/mol. The summed E-state index contributed by atoms with van der Waals surface area (Å²) in [6, 6.07) is 7.60. The van der Waals surface area contributed by atoms with E-state index in [1.165, 1.54) is 0 Å². The summed E-state index contributed by atoms with van der Waals surface area (Å²) < 4.78 is 0. The van der Waals surface area contributed by atoms with Gasteiger partial charge >= 0.3 is 0 Å². The van der Waals surface area contributed by atoms with Crippen LogP contribution in [-0.4, -0.2) is 24.2 Å². The van der Waals surface area contributed by atoms with E-state index in [0.717, 1.165) is 31.6 Å². The molecule has 0 amide bonds. The van der Waals surface area contributed by atoms with Crippen LogP contribution in [0.3, 0.4) is 0 Å². The van der Waals surface area contributed by atoms with E-state index in [-0.39, 0.29) is 40.0 Å². The number of hydrogen-bond donors (Lipinski definition) is 2. The molecule has 3 nitrogen and oxygen atoms in total. The summed E-state index contributed by atoms with van der Waals surface area (Å²) >= 11 is 0. The van der Waals surface area contributed by atoms with Gasteiger partial charge in [-0.05, 0) is 37.1 Å². The molecule has 0 saturated carbocycles. The lowest BCUT2D eigenvalue weighted by Gasteiger charge is -2.32. The number of halogens is 2. The Morgan fingerprint density at radius 1 is 1.19 bits per heavy atom. The minimum absolute atomic E-state index is 0. The summed E-state index contributed by atoms with van der Waals surface area (Å²) in [4.78, 5) is 2.27. The number of rotatable bonds is 1. The van der Waals surface area contributed by atoms with Gasteiger partial charge in [0.2, 0.25) is 0 Å². The summed E-state index contributed by atoms with van der Waals surface area (Å²) in [5, 5.41) is 9.16. The SMILES string of the molecule is Br.Br.NC1CCCN(c2ccc(O)cc2)C1. The minimum Gasteiger partial charge on any atom is -0.508 e. The smallest absolute Gasteiger partial charge is 0.115 e. The monoisotopic (exact) mass is 352 g/mol. The molecule has 5 heteroatoms. The molecular formula is C11H18Br2N2O. The second-order valence-corrected chi connectivity index (χ2v) is 3.86. The van der Waals surface area contributed by atoms with Crippen LogP contribution in [0.2, 0.25) is 0 Å². The summed E-state index contributed by atoms with van der Waals surface area (Å²) in [6.45, 7) is 1.99. The lowest BCUT2D eigenvalue weighted by atomic mass is 10.1. The molecule has 1 aliphatic rings. The largest absolute Gasteiger partial charge is 0.508 e. The molecule has 3 N–H and O–H groups in total. The van der Waals surface area contributed by atoms with Crippen LogP contribution >= 0.6 is 34.0 Å². The zero-order valence-electron chi connectivity index (χ0n) is 9.00. The van der Waals surface area contributed by atoms with Crippen molar-refractivity contribution in [2.75, 3.05) is 18.0 Å². The maximum absolute atomic E-state index is 9.16. The Morgan fingerprint density at radius 2 is 1.81 bits per heavy atom. The van der Waals surface area contributed by atoms with E-state index in [1.54, 1.807) is 12.1 Å². The average Bonchev–Trinajstić information content (AvgIpc) is 2.19. The number of benzene rings is 1. The molecule has 92 valence electrons. The summed E-state index contributed by atoms with van der Waals surface area (Å²) in [5.41, 5.74) is 7.05. The van der Waals surface area contributed by atoms with Gasteiger partial charge in [0, 0.05) is 24.8 Å². The number of nitrogens with zero attached hydrogens (tertiary/aromatic N) is 1. The van der Waals surface area contributed by atoms with Crippen LogP contribution in [0, 0.1) is 0 Å². The molecule has 1 unspecified atom stereocenters. The molecule has 0 bridgehead atoms. The van der Waals surface area contributed by atoms with Gasteiger partial charge in [0.1, 0.15) is 5.75 Å². The van der Waals surface area contributed by atoms with Crippen molar-refractivity contribution in [3.63, 3.8) is 0 Å². The Morgan fingerprint density at radius 3 is 2.38 bits per heavy atom. The van der Waals surface area contributed by atoms with Crippen LogP contribution < -0.4 is 10.6 Å². The molecule has 16 heavy (non-hydrogen) atoms. The molecule has 0 aliphatic carbocycles. The quantitative estimate of drug-likeness (QED) is 0.815. The van der Waals surface area contributed by atoms with Crippen molar-refractivity contribution in [3.8, 4) is 5.75 Å².